The number of nitrogens with zero attached hydrogens (tertiary/aromatic N) is 4. The maximum atomic E-state index is 12.9. The zero-order valence-corrected chi connectivity index (χ0v) is 19.9. The van der Waals surface area contributed by atoms with E-state index >= 15 is 0 Å². The molecule has 8 nitrogen and oxygen atoms in total. The van der Waals surface area contributed by atoms with E-state index < -0.39 is 17.8 Å². The molecule has 0 saturated carbocycles. The third-order valence-electron chi connectivity index (χ3n) is 5.71. The molecule has 0 aliphatic rings. The van der Waals surface area contributed by atoms with Gasteiger partial charge in [-0.25, -0.2) is 14.8 Å². The van der Waals surface area contributed by atoms with Gasteiger partial charge in [-0.05, 0) is 47.5 Å². The molecule has 192 valence electrons. The van der Waals surface area contributed by atoms with Gasteiger partial charge in [-0.3, -0.25) is 4.98 Å². The van der Waals surface area contributed by atoms with Crippen LogP contribution >= 0.6 is 0 Å². The SMILES string of the molecule is O=C(NCc1cccc(C(F)(F)F)c1)Nc1cccc(-c2cn3ccnc3c(NCc3ccncc3)n2)c1. The summed E-state index contributed by atoms with van der Waals surface area (Å²) in [4.78, 5) is 25.6. The molecule has 5 aromatic rings. The molecule has 0 unspecified atom stereocenters. The Bertz CT molecular complexity index is 1570. The summed E-state index contributed by atoms with van der Waals surface area (Å²) in [5.74, 6) is 0.599. The van der Waals surface area contributed by atoms with E-state index in [-0.39, 0.29) is 6.54 Å². The first-order valence-electron chi connectivity index (χ1n) is 11.6. The molecule has 3 aromatic heterocycles. The van der Waals surface area contributed by atoms with Crippen molar-refractivity contribution in [1.29, 1.82) is 0 Å². The van der Waals surface area contributed by atoms with Crippen molar-refractivity contribution in [2.45, 2.75) is 19.3 Å². The van der Waals surface area contributed by atoms with Gasteiger partial charge >= 0.3 is 12.2 Å². The summed E-state index contributed by atoms with van der Waals surface area (Å²) in [6.45, 7) is 0.482. The largest absolute Gasteiger partial charge is 0.416 e. The van der Waals surface area contributed by atoms with Crippen molar-refractivity contribution in [3.8, 4) is 11.3 Å². The number of alkyl halides is 3. The second-order valence-corrected chi connectivity index (χ2v) is 8.43. The lowest BCUT2D eigenvalue weighted by molar-refractivity contribution is -0.137. The van der Waals surface area contributed by atoms with Crippen LogP contribution in [0.15, 0.2) is 91.6 Å². The number of fused-ring (bicyclic) bond motifs is 1. The minimum Gasteiger partial charge on any atom is -0.363 e. The number of urea groups is 1. The van der Waals surface area contributed by atoms with Gasteiger partial charge in [0.25, 0.3) is 0 Å². The molecule has 2 aromatic carbocycles. The standard InChI is InChI=1S/C27H22F3N7O/c28-27(29,30)21-5-1-3-19(13-21)16-34-26(38)35-22-6-2-4-20(14-22)23-17-37-12-11-32-25(37)24(36-23)33-15-18-7-9-31-10-8-18/h1-14,17H,15-16H2,(H,33,36)(H2,34,35,38). The molecule has 0 spiro atoms. The number of aromatic nitrogens is 4. The first-order valence-corrected chi connectivity index (χ1v) is 11.6. The molecular formula is C27H22F3N7O. The van der Waals surface area contributed by atoms with E-state index in [4.69, 9.17) is 4.98 Å². The first-order chi connectivity index (χ1) is 18.3. The van der Waals surface area contributed by atoms with Crippen LogP contribution in [0.1, 0.15) is 16.7 Å². The molecule has 3 N–H and O–H groups in total. The third kappa shape index (κ3) is 5.89. The maximum Gasteiger partial charge on any atom is 0.416 e. The second-order valence-electron chi connectivity index (χ2n) is 8.43. The normalized spacial score (nSPS) is 11.3. The molecule has 0 atom stereocenters. The van der Waals surface area contributed by atoms with Gasteiger partial charge in [-0.15, -0.1) is 0 Å². The highest BCUT2D eigenvalue weighted by atomic mass is 19.4. The number of hydrogen-bond acceptors (Lipinski definition) is 5. The molecule has 0 aliphatic carbocycles. The number of amides is 2. The summed E-state index contributed by atoms with van der Waals surface area (Å²) in [6.07, 6.45) is 4.35. The predicted molar refractivity (Wildman–Crippen MR) is 137 cm³/mol. The van der Waals surface area contributed by atoms with Crippen LogP contribution in [-0.4, -0.2) is 25.4 Å². The van der Waals surface area contributed by atoms with Gasteiger partial charge in [0.2, 0.25) is 0 Å². The fourth-order valence-electron chi connectivity index (χ4n) is 3.85. The maximum absolute atomic E-state index is 12.9. The van der Waals surface area contributed by atoms with Crippen LogP contribution in [-0.2, 0) is 19.3 Å². The lowest BCUT2D eigenvalue weighted by Crippen LogP contribution is -2.28. The van der Waals surface area contributed by atoms with Crippen LogP contribution in [0.4, 0.5) is 29.5 Å². The van der Waals surface area contributed by atoms with Crippen LogP contribution in [0, 0.1) is 0 Å². The summed E-state index contributed by atoms with van der Waals surface area (Å²) in [5.41, 5.74) is 3.20. The minimum atomic E-state index is -4.44. The zero-order valence-electron chi connectivity index (χ0n) is 19.9. The van der Waals surface area contributed by atoms with Crippen molar-refractivity contribution >= 4 is 23.2 Å². The number of benzene rings is 2. The highest BCUT2D eigenvalue weighted by molar-refractivity contribution is 5.90. The molecule has 0 saturated heterocycles. The second kappa shape index (κ2) is 10.6. The van der Waals surface area contributed by atoms with E-state index in [1.165, 1.54) is 12.1 Å². The Labute approximate surface area is 215 Å². The number of anilines is 2. The quantitative estimate of drug-likeness (QED) is 0.256. The number of carbonyl (C=O) groups excluding carboxylic acids is 1. The van der Waals surface area contributed by atoms with Crippen molar-refractivity contribution in [3.63, 3.8) is 0 Å². The van der Waals surface area contributed by atoms with Gasteiger partial charge < -0.3 is 20.4 Å². The summed E-state index contributed by atoms with van der Waals surface area (Å²) in [7, 11) is 0. The van der Waals surface area contributed by atoms with E-state index in [9.17, 15) is 18.0 Å². The van der Waals surface area contributed by atoms with Crippen molar-refractivity contribution in [2.24, 2.45) is 0 Å². The molecule has 11 heteroatoms. The molecule has 2 amide bonds. The van der Waals surface area contributed by atoms with E-state index in [1.807, 2.05) is 35.0 Å². The molecule has 0 bridgehead atoms. The number of rotatable bonds is 7. The lowest BCUT2D eigenvalue weighted by Gasteiger charge is -2.12. The van der Waals surface area contributed by atoms with Crippen LogP contribution < -0.4 is 16.0 Å². The fourth-order valence-corrected chi connectivity index (χ4v) is 3.85. The van der Waals surface area contributed by atoms with Gasteiger partial charge in [0, 0.05) is 55.3 Å². The van der Waals surface area contributed by atoms with Crippen LogP contribution in [0.2, 0.25) is 0 Å². The number of pyridine rings is 1. The van der Waals surface area contributed by atoms with Crippen molar-refractivity contribution in [1.82, 2.24) is 24.7 Å². The average molecular weight is 518 g/mol. The van der Waals surface area contributed by atoms with Crippen LogP contribution in [0.25, 0.3) is 16.9 Å². The monoisotopic (exact) mass is 517 g/mol. The molecule has 5 rings (SSSR count). The van der Waals surface area contributed by atoms with E-state index in [2.05, 4.69) is 25.9 Å². The number of nitrogens with one attached hydrogen (secondary N) is 3. The Morgan fingerprint density at radius 3 is 2.55 bits per heavy atom. The van der Waals surface area contributed by atoms with Gasteiger partial charge in [0.15, 0.2) is 11.5 Å². The third-order valence-corrected chi connectivity index (χ3v) is 5.71. The Morgan fingerprint density at radius 1 is 0.921 bits per heavy atom. The highest BCUT2D eigenvalue weighted by Crippen LogP contribution is 2.29. The van der Waals surface area contributed by atoms with Gasteiger partial charge in [-0.1, -0.05) is 24.3 Å². The fraction of sp³-hybridized carbons (Fsp3) is 0.111. The number of halogens is 3. The molecule has 0 fully saturated rings. The Kier molecular flexibility index (Phi) is 6.90. The first kappa shape index (κ1) is 24.8. The molecule has 0 aliphatic heterocycles. The average Bonchev–Trinajstić information content (AvgIpc) is 3.40. The topological polar surface area (TPSA) is 96.2 Å². The Hall–Kier alpha value is -4.93. The molecule has 0 radical (unpaired) electrons. The van der Waals surface area contributed by atoms with Crippen LogP contribution in [0.5, 0.6) is 0 Å². The van der Waals surface area contributed by atoms with Crippen molar-refractivity contribution < 1.29 is 18.0 Å². The zero-order chi connectivity index (χ0) is 26.5. The number of hydrogen-bond donors (Lipinski definition) is 3. The van der Waals surface area contributed by atoms with E-state index in [0.29, 0.717) is 35.0 Å². The minimum absolute atomic E-state index is 0.0548. The van der Waals surface area contributed by atoms with Crippen molar-refractivity contribution in [3.05, 3.63) is 108 Å². The Morgan fingerprint density at radius 2 is 1.74 bits per heavy atom. The molecule has 3 heterocycles. The lowest BCUT2D eigenvalue weighted by atomic mass is 10.1. The van der Waals surface area contributed by atoms with E-state index in [1.54, 1.807) is 36.8 Å². The van der Waals surface area contributed by atoms with Crippen molar-refractivity contribution in [2.75, 3.05) is 10.6 Å². The smallest absolute Gasteiger partial charge is 0.363 e. The molecular weight excluding hydrogens is 495 g/mol. The number of imidazole rings is 1. The highest BCUT2D eigenvalue weighted by Gasteiger charge is 2.30. The summed E-state index contributed by atoms with van der Waals surface area (Å²) in [5, 5.41) is 8.63. The predicted octanol–water partition coefficient (Wildman–Crippen LogP) is 5.74. The molecule has 38 heavy (non-hydrogen) atoms. The summed E-state index contributed by atoms with van der Waals surface area (Å²) in [6, 6.07) is 15.2. The van der Waals surface area contributed by atoms with Crippen LogP contribution in [0.3, 0.4) is 0 Å². The Balaban J connectivity index is 1.29. The summed E-state index contributed by atoms with van der Waals surface area (Å²) < 4.78 is 40.6. The van der Waals surface area contributed by atoms with Gasteiger partial charge in [-0.2, -0.15) is 13.2 Å². The van der Waals surface area contributed by atoms with Gasteiger partial charge in [0.05, 0.1) is 11.3 Å². The summed E-state index contributed by atoms with van der Waals surface area (Å²) >= 11 is 0. The van der Waals surface area contributed by atoms with E-state index in [0.717, 1.165) is 23.3 Å². The van der Waals surface area contributed by atoms with Gasteiger partial charge in [0.1, 0.15) is 0 Å². The number of carbonyl (C=O) groups is 1.